The number of pyridine rings is 1. The number of nitrogens with one attached hydrogen (secondary N) is 1. The molecule has 1 fully saturated rings. The average molecular weight is 274 g/mol. The van der Waals surface area contributed by atoms with Crippen LogP contribution in [-0.4, -0.2) is 39.2 Å². The van der Waals surface area contributed by atoms with Crippen molar-refractivity contribution in [2.24, 2.45) is 0 Å². The van der Waals surface area contributed by atoms with Crippen LogP contribution in [-0.2, 0) is 4.79 Å². The van der Waals surface area contributed by atoms with Gasteiger partial charge in [-0.3, -0.25) is 15.0 Å². The molecule has 3 heterocycles. The van der Waals surface area contributed by atoms with Crippen molar-refractivity contribution in [2.75, 3.05) is 11.4 Å². The fourth-order valence-corrected chi connectivity index (χ4v) is 2.16. The number of urea groups is 1. The van der Waals surface area contributed by atoms with Crippen molar-refractivity contribution in [3.63, 3.8) is 0 Å². The lowest BCUT2D eigenvalue weighted by molar-refractivity contribution is -0.120. The van der Waals surface area contributed by atoms with Crippen molar-refractivity contribution in [2.45, 2.75) is 6.42 Å². The number of hydrogen-bond acceptors (Lipinski definition) is 4. The Balaban J connectivity index is 2.09. The maximum absolute atomic E-state index is 11.8. The van der Waals surface area contributed by atoms with E-state index in [0.29, 0.717) is 11.2 Å². The van der Waals surface area contributed by atoms with Gasteiger partial charge in [-0.1, -0.05) is 6.07 Å². The number of carbonyl (C=O) groups excluding carboxylic acids is 2. The van der Waals surface area contributed by atoms with E-state index in [1.54, 1.807) is 12.1 Å². The second-order valence-corrected chi connectivity index (χ2v) is 4.30. The van der Waals surface area contributed by atoms with E-state index in [2.05, 4.69) is 10.4 Å². The summed E-state index contributed by atoms with van der Waals surface area (Å²) in [4.78, 5) is 35.4. The smallest absolute Gasteiger partial charge is 0.354 e. The van der Waals surface area contributed by atoms with Gasteiger partial charge in [-0.25, -0.2) is 14.1 Å². The molecule has 2 aromatic rings. The summed E-state index contributed by atoms with van der Waals surface area (Å²) in [6.45, 7) is 0.239. The first kappa shape index (κ1) is 12.2. The van der Waals surface area contributed by atoms with Gasteiger partial charge in [0.05, 0.1) is 17.4 Å². The van der Waals surface area contributed by atoms with E-state index in [0.717, 1.165) is 0 Å². The highest BCUT2D eigenvalue weighted by atomic mass is 16.4. The number of aromatic carboxylic acids is 1. The lowest BCUT2D eigenvalue weighted by atomic mass is 10.2. The highest BCUT2D eigenvalue weighted by molar-refractivity contribution is 6.07. The minimum atomic E-state index is -1.11. The SMILES string of the molecule is O=C1CCN(c2cnn3c(C(=O)O)cccc23)C(=O)N1. The zero-order valence-electron chi connectivity index (χ0n) is 10.2. The van der Waals surface area contributed by atoms with E-state index >= 15 is 0 Å². The van der Waals surface area contributed by atoms with Gasteiger partial charge in [-0.05, 0) is 12.1 Å². The molecular formula is C12H10N4O4. The normalized spacial score (nSPS) is 15.5. The van der Waals surface area contributed by atoms with Crippen molar-refractivity contribution in [3.8, 4) is 0 Å². The molecule has 8 nitrogen and oxygen atoms in total. The summed E-state index contributed by atoms with van der Waals surface area (Å²) in [5, 5.41) is 15.3. The van der Waals surface area contributed by atoms with Crippen molar-refractivity contribution in [3.05, 3.63) is 30.1 Å². The largest absolute Gasteiger partial charge is 0.477 e. The predicted octanol–water partition coefficient (Wildman–Crippen LogP) is 0.479. The first-order valence-corrected chi connectivity index (χ1v) is 5.89. The predicted molar refractivity (Wildman–Crippen MR) is 67.7 cm³/mol. The molecule has 0 spiro atoms. The highest BCUT2D eigenvalue weighted by Crippen LogP contribution is 2.24. The summed E-state index contributed by atoms with van der Waals surface area (Å²) in [6, 6.07) is 4.14. The van der Waals surface area contributed by atoms with Crippen LogP contribution in [0.15, 0.2) is 24.4 Å². The Morgan fingerprint density at radius 2 is 2.15 bits per heavy atom. The number of carboxylic acids is 1. The third-order valence-corrected chi connectivity index (χ3v) is 3.09. The van der Waals surface area contributed by atoms with Crippen molar-refractivity contribution in [1.82, 2.24) is 14.9 Å². The second kappa shape index (κ2) is 4.34. The summed E-state index contributed by atoms with van der Waals surface area (Å²) in [7, 11) is 0. The van der Waals surface area contributed by atoms with E-state index in [1.165, 1.54) is 21.7 Å². The molecule has 0 bridgehead atoms. The molecule has 0 aliphatic carbocycles. The Hall–Kier alpha value is -2.90. The van der Waals surface area contributed by atoms with Gasteiger partial charge in [0.2, 0.25) is 5.91 Å². The molecule has 0 unspecified atom stereocenters. The van der Waals surface area contributed by atoms with E-state index in [4.69, 9.17) is 5.11 Å². The molecule has 0 atom stereocenters. The molecule has 1 saturated heterocycles. The zero-order chi connectivity index (χ0) is 14.3. The number of fused-ring (bicyclic) bond motifs is 1. The van der Waals surface area contributed by atoms with Gasteiger partial charge in [-0.15, -0.1) is 0 Å². The van der Waals surface area contributed by atoms with E-state index in [-0.39, 0.29) is 24.6 Å². The number of nitrogens with zero attached hydrogens (tertiary/aromatic N) is 3. The molecule has 1 aliphatic heterocycles. The monoisotopic (exact) mass is 274 g/mol. The molecule has 2 N–H and O–H groups in total. The van der Waals surface area contributed by atoms with E-state index in [9.17, 15) is 14.4 Å². The third kappa shape index (κ3) is 1.78. The molecule has 0 saturated carbocycles. The Kier molecular flexibility index (Phi) is 2.63. The number of amides is 3. The van der Waals surface area contributed by atoms with Crippen LogP contribution in [0.1, 0.15) is 16.9 Å². The molecule has 102 valence electrons. The van der Waals surface area contributed by atoms with Crippen LogP contribution in [0.3, 0.4) is 0 Å². The number of hydrogen-bond donors (Lipinski definition) is 2. The van der Waals surface area contributed by atoms with Gasteiger partial charge in [0.25, 0.3) is 0 Å². The highest BCUT2D eigenvalue weighted by Gasteiger charge is 2.27. The maximum atomic E-state index is 11.8. The molecule has 2 aromatic heterocycles. The Morgan fingerprint density at radius 3 is 2.85 bits per heavy atom. The Bertz CT molecular complexity index is 736. The Labute approximate surface area is 112 Å². The lowest BCUT2D eigenvalue weighted by Crippen LogP contribution is -2.49. The van der Waals surface area contributed by atoms with Crippen molar-refractivity contribution in [1.29, 1.82) is 0 Å². The van der Waals surface area contributed by atoms with E-state index < -0.39 is 12.0 Å². The van der Waals surface area contributed by atoms with E-state index in [1.807, 2.05) is 0 Å². The molecule has 3 rings (SSSR count). The molecule has 3 amide bonds. The topological polar surface area (TPSA) is 104 Å². The fraction of sp³-hybridized carbons (Fsp3) is 0.167. The number of anilines is 1. The summed E-state index contributed by atoms with van der Waals surface area (Å²) in [6.07, 6.45) is 1.61. The van der Waals surface area contributed by atoms with Gasteiger partial charge in [-0.2, -0.15) is 5.10 Å². The summed E-state index contributed by atoms with van der Waals surface area (Å²) >= 11 is 0. The van der Waals surface area contributed by atoms with Crippen LogP contribution in [0.5, 0.6) is 0 Å². The van der Waals surface area contributed by atoms with Crippen LogP contribution in [0, 0.1) is 0 Å². The molecular weight excluding hydrogens is 264 g/mol. The van der Waals surface area contributed by atoms with Crippen LogP contribution in [0.4, 0.5) is 10.5 Å². The number of carboxylic acid groups (broad SMARTS) is 1. The lowest BCUT2D eigenvalue weighted by Gasteiger charge is -2.25. The molecule has 20 heavy (non-hydrogen) atoms. The van der Waals surface area contributed by atoms with Crippen LogP contribution in [0.2, 0.25) is 0 Å². The summed E-state index contributed by atoms with van der Waals surface area (Å²) in [5.74, 6) is -1.43. The van der Waals surface area contributed by atoms with Crippen molar-refractivity contribution < 1.29 is 19.5 Å². The minimum Gasteiger partial charge on any atom is -0.477 e. The standard InChI is InChI=1S/C12H10N4O4/c17-10-4-5-15(12(20)14-10)9-6-13-16-7(9)2-1-3-8(16)11(18)19/h1-3,6H,4-5H2,(H,18,19)(H,14,17,20). The number of rotatable bonds is 2. The van der Waals surface area contributed by atoms with Gasteiger partial charge in [0, 0.05) is 13.0 Å². The van der Waals surface area contributed by atoms with Crippen LogP contribution < -0.4 is 10.2 Å². The first-order valence-electron chi connectivity index (χ1n) is 5.89. The number of aromatic nitrogens is 2. The number of imide groups is 1. The first-order chi connectivity index (χ1) is 9.58. The summed E-state index contributed by atoms with van der Waals surface area (Å²) in [5.41, 5.74) is 0.967. The third-order valence-electron chi connectivity index (χ3n) is 3.09. The maximum Gasteiger partial charge on any atom is 0.354 e. The molecule has 0 radical (unpaired) electrons. The number of carbonyl (C=O) groups is 3. The molecule has 0 aromatic carbocycles. The molecule has 8 heteroatoms. The van der Waals surface area contributed by atoms with Crippen LogP contribution in [0.25, 0.3) is 5.52 Å². The average Bonchev–Trinajstić information content (AvgIpc) is 2.82. The Morgan fingerprint density at radius 1 is 1.35 bits per heavy atom. The zero-order valence-corrected chi connectivity index (χ0v) is 10.2. The molecule has 1 aliphatic rings. The van der Waals surface area contributed by atoms with Gasteiger partial charge in [0.1, 0.15) is 0 Å². The minimum absolute atomic E-state index is 0.00208. The van der Waals surface area contributed by atoms with Gasteiger partial charge < -0.3 is 5.11 Å². The second-order valence-electron chi connectivity index (χ2n) is 4.30. The van der Waals surface area contributed by atoms with Crippen LogP contribution >= 0.6 is 0 Å². The van der Waals surface area contributed by atoms with Gasteiger partial charge in [0.15, 0.2) is 5.69 Å². The quantitative estimate of drug-likeness (QED) is 0.828. The fourth-order valence-electron chi connectivity index (χ4n) is 2.16. The summed E-state index contributed by atoms with van der Waals surface area (Å²) < 4.78 is 1.25. The van der Waals surface area contributed by atoms with Crippen molar-refractivity contribution >= 4 is 29.1 Å². The van der Waals surface area contributed by atoms with Gasteiger partial charge >= 0.3 is 12.0 Å².